The summed E-state index contributed by atoms with van der Waals surface area (Å²) in [6.07, 6.45) is 2.44. The summed E-state index contributed by atoms with van der Waals surface area (Å²) in [5.41, 5.74) is 7.35. The van der Waals surface area contributed by atoms with E-state index in [0.29, 0.717) is 16.8 Å². The number of anilines is 2. The first-order valence-electron chi connectivity index (χ1n) is 5.65. The van der Waals surface area contributed by atoms with Gasteiger partial charge in [-0.2, -0.15) is 0 Å². The number of nitrogens with zero attached hydrogens (tertiary/aromatic N) is 1. The van der Waals surface area contributed by atoms with Crippen molar-refractivity contribution in [2.45, 2.75) is 18.9 Å². The molecule has 3 N–H and O–H groups in total. The van der Waals surface area contributed by atoms with Crippen LogP contribution in [0.3, 0.4) is 0 Å². The average molecular weight is 240 g/mol. The lowest BCUT2D eigenvalue weighted by atomic mass is 10.1. The molecule has 1 aromatic rings. The van der Waals surface area contributed by atoms with E-state index in [1.165, 1.54) is 19.4 Å². The van der Waals surface area contributed by atoms with Crippen molar-refractivity contribution in [1.29, 1.82) is 0 Å². The van der Waals surface area contributed by atoms with Crippen molar-refractivity contribution in [2.24, 2.45) is 0 Å². The molecule has 0 aromatic heterocycles. The molecule has 1 saturated heterocycles. The number of hydrogen-bond donors (Lipinski definition) is 2. The molecule has 1 fully saturated rings. The van der Waals surface area contributed by atoms with Gasteiger partial charge < -0.3 is 16.0 Å². The highest BCUT2D eigenvalue weighted by Gasteiger charge is 2.17. The normalized spacial score (nSPS) is 22.0. The maximum atomic E-state index is 6.13. The molecule has 1 aliphatic rings. The van der Waals surface area contributed by atoms with Crippen LogP contribution in [0, 0.1) is 0 Å². The number of hydrogen-bond acceptors (Lipinski definition) is 3. The summed E-state index contributed by atoms with van der Waals surface area (Å²) in [5.74, 6) is 0. The van der Waals surface area contributed by atoms with Gasteiger partial charge in [-0.05, 0) is 44.6 Å². The Kier molecular flexibility index (Phi) is 3.56. The fourth-order valence-corrected chi connectivity index (χ4v) is 2.40. The monoisotopic (exact) mass is 239 g/mol. The van der Waals surface area contributed by atoms with E-state index in [-0.39, 0.29) is 0 Å². The summed E-state index contributed by atoms with van der Waals surface area (Å²) in [5, 5.41) is 4.18. The SMILES string of the molecule is CN1CCCC(Nc2ccc(N)cc2Cl)C1. The minimum absolute atomic E-state index is 0.486. The second-order valence-electron chi connectivity index (χ2n) is 4.49. The third kappa shape index (κ3) is 2.80. The smallest absolute Gasteiger partial charge is 0.0658 e. The van der Waals surface area contributed by atoms with Crippen molar-refractivity contribution in [1.82, 2.24) is 4.90 Å². The predicted molar refractivity (Wildman–Crippen MR) is 70.0 cm³/mol. The van der Waals surface area contributed by atoms with Crippen LogP contribution in [0.25, 0.3) is 0 Å². The summed E-state index contributed by atoms with van der Waals surface area (Å²) in [6.45, 7) is 2.26. The summed E-state index contributed by atoms with van der Waals surface area (Å²) in [7, 11) is 2.15. The van der Waals surface area contributed by atoms with E-state index < -0.39 is 0 Å². The van der Waals surface area contributed by atoms with Gasteiger partial charge in [-0.15, -0.1) is 0 Å². The first-order valence-corrected chi connectivity index (χ1v) is 6.03. The highest BCUT2D eigenvalue weighted by molar-refractivity contribution is 6.33. The Hall–Kier alpha value is -0.930. The molecule has 0 amide bonds. The summed E-state index contributed by atoms with van der Waals surface area (Å²) >= 11 is 6.13. The van der Waals surface area contributed by atoms with E-state index in [4.69, 9.17) is 17.3 Å². The molecular formula is C12H18ClN3. The molecule has 2 rings (SSSR count). The van der Waals surface area contributed by atoms with E-state index in [1.807, 2.05) is 12.1 Å². The number of nitrogens with two attached hydrogens (primary N) is 1. The number of piperidine rings is 1. The van der Waals surface area contributed by atoms with Crippen LogP contribution in [0.1, 0.15) is 12.8 Å². The van der Waals surface area contributed by atoms with Gasteiger partial charge in [-0.25, -0.2) is 0 Å². The van der Waals surface area contributed by atoms with Gasteiger partial charge in [-0.1, -0.05) is 11.6 Å². The fourth-order valence-electron chi connectivity index (χ4n) is 2.15. The van der Waals surface area contributed by atoms with Crippen LogP contribution < -0.4 is 11.1 Å². The third-order valence-electron chi connectivity index (χ3n) is 2.98. The second kappa shape index (κ2) is 4.93. The maximum absolute atomic E-state index is 6.13. The molecule has 16 heavy (non-hydrogen) atoms. The van der Waals surface area contributed by atoms with Gasteiger partial charge in [0.25, 0.3) is 0 Å². The first kappa shape index (κ1) is 11.6. The van der Waals surface area contributed by atoms with Crippen molar-refractivity contribution < 1.29 is 0 Å². The van der Waals surface area contributed by atoms with E-state index in [0.717, 1.165) is 12.2 Å². The number of halogens is 1. The van der Waals surface area contributed by atoms with Crippen molar-refractivity contribution >= 4 is 23.0 Å². The van der Waals surface area contributed by atoms with Gasteiger partial charge in [0.2, 0.25) is 0 Å². The number of nitrogen functional groups attached to an aromatic ring is 1. The van der Waals surface area contributed by atoms with Crippen molar-refractivity contribution in [3.8, 4) is 0 Å². The molecule has 0 spiro atoms. The second-order valence-corrected chi connectivity index (χ2v) is 4.89. The Morgan fingerprint density at radius 1 is 1.50 bits per heavy atom. The zero-order chi connectivity index (χ0) is 11.5. The molecule has 1 aromatic carbocycles. The Labute approximate surface area is 102 Å². The molecule has 3 nitrogen and oxygen atoms in total. The van der Waals surface area contributed by atoms with Crippen LogP contribution in [0.5, 0.6) is 0 Å². The molecule has 0 aliphatic carbocycles. The van der Waals surface area contributed by atoms with Crippen LogP contribution in [0.4, 0.5) is 11.4 Å². The molecule has 0 radical (unpaired) electrons. The van der Waals surface area contributed by atoms with E-state index >= 15 is 0 Å². The minimum atomic E-state index is 0.486. The molecule has 1 aliphatic heterocycles. The van der Waals surface area contributed by atoms with E-state index in [1.54, 1.807) is 6.07 Å². The van der Waals surface area contributed by atoms with Gasteiger partial charge in [0, 0.05) is 18.3 Å². The number of nitrogens with one attached hydrogen (secondary N) is 1. The van der Waals surface area contributed by atoms with Crippen LogP contribution in [-0.2, 0) is 0 Å². The quantitative estimate of drug-likeness (QED) is 0.779. The van der Waals surface area contributed by atoms with E-state index in [9.17, 15) is 0 Å². The van der Waals surface area contributed by atoms with Crippen molar-refractivity contribution in [3.05, 3.63) is 23.2 Å². The molecule has 1 heterocycles. The predicted octanol–water partition coefficient (Wildman–Crippen LogP) is 2.43. The molecule has 1 unspecified atom stereocenters. The molecule has 88 valence electrons. The lowest BCUT2D eigenvalue weighted by Crippen LogP contribution is -2.39. The fraction of sp³-hybridized carbons (Fsp3) is 0.500. The number of benzene rings is 1. The van der Waals surface area contributed by atoms with Crippen molar-refractivity contribution in [3.63, 3.8) is 0 Å². The summed E-state index contributed by atoms with van der Waals surface area (Å²) < 4.78 is 0. The molecule has 0 bridgehead atoms. The topological polar surface area (TPSA) is 41.3 Å². The summed E-state index contributed by atoms with van der Waals surface area (Å²) in [4.78, 5) is 2.34. The van der Waals surface area contributed by atoms with Gasteiger partial charge in [-0.3, -0.25) is 0 Å². The zero-order valence-electron chi connectivity index (χ0n) is 9.54. The number of likely N-dealkylation sites (N-methyl/N-ethyl adjacent to an activating group) is 1. The van der Waals surface area contributed by atoms with Crippen molar-refractivity contribution in [2.75, 3.05) is 31.2 Å². The number of rotatable bonds is 2. The minimum Gasteiger partial charge on any atom is -0.399 e. The van der Waals surface area contributed by atoms with Crippen LogP contribution in [0.2, 0.25) is 5.02 Å². The maximum Gasteiger partial charge on any atom is 0.0658 e. The lowest BCUT2D eigenvalue weighted by Gasteiger charge is -2.31. The first-order chi connectivity index (χ1) is 7.65. The largest absolute Gasteiger partial charge is 0.399 e. The highest BCUT2D eigenvalue weighted by Crippen LogP contribution is 2.26. The van der Waals surface area contributed by atoms with Gasteiger partial charge in [0.15, 0.2) is 0 Å². The van der Waals surface area contributed by atoms with Crippen LogP contribution in [0.15, 0.2) is 18.2 Å². The molecule has 0 saturated carbocycles. The van der Waals surface area contributed by atoms with Crippen LogP contribution in [-0.4, -0.2) is 31.1 Å². The van der Waals surface area contributed by atoms with Gasteiger partial charge >= 0.3 is 0 Å². The van der Waals surface area contributed by atoms with Gasteiger partial charge in [0.05, 0.1) is 10.7 Å². The standard InChI is InChI=1S/C12H18ClN3/c1-16-6-2-3-10(8-16)15-12-5-4-9(14)7-11(12)13/h4-5,7,10,15H,2-3,6,8,14H2,1H3. The Morgan fingerprint density at radius 3 is 3.00 bits per heavy atom. The lowest BCUT2D eigenvalue weighted by molar-refractivity contribution is 0.261. The molecule has 1 atom stereocenters. The molecule has 4 heteroatoms. The Morgan fingerprint density at radius 2 is 2.31 bits per heavy atom. The average Bonchev–Trinajstić information content (AvgIpc) is 2.22. The third-order valence-corrected chi connectivity index (χ3v) is 3.29. The summed E-state index contributed by atoms with van der Waals surface area (Å²) in [6, 6.07) is 6.10. The molecular weight excluding hydrogens is 222 g/mol. The highest BCUT2D eigenvalue weighted by atomic mass is 35.5. The Balaban J connectivity index is 2.02. The van der Waals surface area contributed by atoms with Gasteiger partial charge in [0.1, 0.15) is 0 Å². The zero-order valence-corrected chi connectivity index (χ0v) is 10.3. The van der Waals surface area contributed by atoms with Crippen LogP contribution >= 0.6 is 11.6 Å². The van der Waals surface area contributed by atoms with E-state index in [2.05, 4.69) is 17.3 Å². The Bertz CT molecular complexity index is 367. The number of likely N-dealkylation sites (tertiary alicyclic amines) is 1.